The molecule has 2 nitrogen and oxygen atoms in total. The van der Waals surface area contributed by atoms with E-state index in [1.807, 2.05) is 0 Å². The first kappa shape index (κ1) is 10.1. The molecule has 0 spiro atoms. The first-order valence-electron chi connectivity index (χ1n) is 2.69. The fourth-order valence-electron chi connectivity index (χ4n) is 0.270. The lowest BCUT2D eigenvalue weighted by Crippen LogP contribution is -2.08. The second-order valence-electron chi connectivity index (χ2n) is 1.63. The van der Waals surface area contributed by atoms with Crippen LogP contribution in [0.25, 0.3) is 0 Å². The number of aliphatic hydroxyl groups is 2. The van der Waals surface area contributed by atoms with E-state index in [4.69, 9.17) is 33.4 Å². The van der Waals surface area contributed by atoms with Gasteiger partial charge in [0.05, 0.1) is 11.8 Å². The molecule has 2 unspecified atom stereocenters. The predicted octanol–water partition coefficient (Wildman–Crippen LogP) is 0.189. The van der Waals surface area contributed by atoms with Gasteiger partial charge in [0.1, 0.15) is 12.2 Å². The second kappa shape index (κ2) is 5.82. The van der Waals surface area contributed by atoms with Gasteiger partial charge in [0.15, 0.2) is 0 Å². The smallest absolute Gasteiger partial charge is 0.128 e. The lowest BCUT2D eigenvalue weighted by atomic mass is 10.3. The third kappa shape index (κ3) is 4.89. The Balaban J connectivity index is 3.66. The lowest BCUT2D eigenvalue weighted by molar-refractivity contribution is 0.246. The Kier molecular flexibility index (Phi) is 5.85. The normalized spacial score (nSPS) is 15.2. The van der Waals surface area contributed by atoms with E-state index in [0.717, 1.165) is 0 Å². The molecule has 0 heterocycles. The molecule has 0 aromatic rings. The quantitative estimate of drug-likeness (QED) is 0.473. The van der Waals surface area contributed by atoms with Crippen LogP contribution in [0.3, 0.4) is 0 Å². The third-order valence-electron chi connectivity index (χ3n) is 0.709. The summed E-state index contributed by atoms with van der Waals surface area (Å²) in [6, 6.07) is 0. The Hall–Kier alpha value is 0.0600. The van der Waals surface area contributed by atoms with Gasteiger partial charge in [-0.05, 0) is 0 Å². The summed E-state index contributed by atoms with van der Waals surface area (Å²) in [5, 5.41) is 17.5. The maximum Gasteiger partial charge on any atom is 0.128 e. The summed E-state index contributed by atoms with van der Waals surface area (Å²) >= 11 is 10.4. The van der Waals surface area contributed by atoms with E-state index in [0.29, 0.717) is 0 Å². The van der Waals surface area contributed by atoms with Gasteiger partial charge in [0, 0.05) is 0 Å². The molecule has 10 heavy (non-hydrogen) atoms. The molecule has 0 aliphatic carbocycles. The monoisotopic (exact) mass is 182 g/mol. The largest absolute Gasteiger partial charge is 0.379 e. The summed E-state index contributed by atoms with van der Waals surface area (Å²) in [5.74, 6) is 4.73. The van der Waals surface area contributed by atoms with Crippen LogP contribution in [0.5, 0.6) is 0 Å². The van der Waals surface area contributed by atoms with Gasteiger partial charge < -0.3 is 10.2 Å². The Bertz CT molecular complexity index is 124. The highest BCUT2D eigenvalue weighted by molar-refractivity contribution is 6.18. The number of rotatable bonds is 2. The first-order chi connectivity index (χ1) is 4.70. The minimum absolute atomic E-state index is 0.0437. The molecule has 0 aromatic heterocycles. The second-order valence-corrected chi connectivity index (χ2v) is 2.25. The molecule has 0 amide bonds. The van der Waals surface area contributed by atoms with Crippen LogP contribution in [0.2, 0.25) is 0 Å². The van der Waals surface area contributed by atoms with E-state index >= 15 is 0 Å². The Labute approximate surface area is 69.8 Å². The number of halogens is 2. The van der Waals surface area contributed by atoms with E-state index in [9.17, 15) is 0 Å². The van der Waals surface area contributed by atoms with Gasteiger partial charge in [-0.25, -0.2) is 0 Å². The number of hydrogen-bond donors (Lipinski definition) is 2. The Morgan fingerprint density at radius 1 is 1.00 bits per heavy atom. The van der Waals surface area contributed by atoms with Crippen LogP contribution in [0, 0.1) is 11.8 Å². The molecule has 0 aliphatic heterocycles. The number of hydrogen-bond acceptors (Lipinski definition) is 2. The summed E-state index contributed by atoms with van der Waals surface area (Å²) in [6.07, 6.45) is -1.75. The summed E-state index contributed by atoms with van der Waals surface area (Å²) in [5.41, 5.74) is 0. The Morgan fingerprint density at radius 2 is 1.30 bits per heavy atom. The molecule has 0 saturated carbocycles. The zero-order valence-corrected chi connectivity index (χ0v) is 6.73. The molecule has 0 aliphatic rings. The highest BCUT2D eigenvalue weighted by Crippen LogP contribution is 1.87. The maximum absolute atomic E-state index is 8.74. The topological polar surface area (TPSA) is 40.5 Å². The van der Waals surface area contributed by atoms with Crippen molar-refractivity contribution >= 4 is 23.2 Å². The van der Waals surface area contributed by atoms with Gasteiger partial charge in [0.2, 0.25) is 0 Å². The molecule has 4 heteroatoms. The molecule has 0 fully saturated rings. The van der Waals surface area contributed by atoms with Crippen molar-refractivity contribution < 1.29 is 10.2 Å². The predicted molar refractivity (Wildman–Crippen MR) is 41.2 cm³/mol. The van der Waals surface area contributed by atoms with Gasteiger partial charge >= 0.3 is 0 Å². The van der Waals surface area contributed by atoms with Crippen molar-refractivity contribution in [1.82, 2.24) is 0 Å². The van der Waals surface area contributed by atoms with Crippen molar-refractivity contribution in [3.05, 3.63) is 0 Å². The highest BCUT2D eigenvalue weighted by atomic mass is 35.5. The molecular formula is C6H8Cl2O2. The summed E-state index contributed by atoms with van der Waals surface area (Å²) in [4.78, 5) is 0. The molecule has 58 valence electrons. The van der Waals surface area contributed by atoms with Crippen LogP contribution in [-0.2, 0) is 0 Å². The van der Waals surface area contributed by atoms with Crippen molar-refractivity contribution in [1.29, 1.82) is 0 Å². The minimum atomic E-state index is -0.875. The molecular weight excluding hydrogens is 175 g/mol. The fraction of sp³-hybridized carbons (Fsp3) is 0.667. The lowest BCUT2D eigenvalue weighted by Gasteiger charge is -1.95. The van der Waals surface area contributed by atoms with Crippen LogP contribution in [0.4, 0.5) is 0 Å². The van der Waals surface area contributed by atoms with Crippen molar-refractivity contribution in [3.63, 3.8) is 0 Å². The molecule has 2 N–H and O–H groups in total. The van der Waals surface area contributed by atoms with Crippen LogP contribution in [-0.4, -0.2) is 34.2 Å². The Morgan fingerprint density at radius 3 is 1.50 bits per heavy atom. The fourth-order valence-corrected chi connectivity index (χ4v) is 0.424. The number of alkyl halides is 2. The van der Waals surface area contributed by atoms with Crippen molar-refractivity contribution in [2.75, 3.05) is 11.8 Å². The van der Waals surface area contributed by atoms with E-state index in [2.05, 4.69) is 11.8 Å². The van der Waals surface area contributed by atoms with Gasteiger partial charge in [-0.1, -0.05) is 11.8 Å². The van der Waals surface area contributed by atoms with Gasteiger partial charge in [-0.3, -0.25) is 0 Å². The van der Waals surface area contributed by atoms with E-state index in [-0.39, 0.29) is 11.8 Å². The van der Waals surface area contributed by atoms with Crippen LogP contribution >= 0.6 is 23.2 Å². The summed E-state index contributed by atoms with van der Waals surface area (Å²) < 4.78 is 0. The SMILES string of the molecule is OC(C#CC(O)CCl)CCl. The standard InChI is InChI=1S/C6H8Cl2O2/c7-3-5(9)1-2-6(10)4-8/h5-6,9-10H,3-4H2. The molecule has 2 atom stereocenters. The van der Waals surface area contributed by atoms with Gasteiger partial charge in [-0.15, -0.1) is 23.2 Å². The molecule has 0 radical (unpaired) electrons. The van der Waals surface area contributed by atoms with Gasteiger partial charge in [0.25, 0.3) is 0 Å². The third-order valence-corrected chi connectivity index (χ3v) is 1.29. The first-order valence-corrected chi connectivity index (χ1v) is 3.76. The molecule has 0 aromatic carbocycles. The van der Waals surface area contributed by atoms with Crippen molar-refractivity contribution in [3.8, 4) is 11.8 Å². The average molecular weight is 183 g/mol. The van der Waals surface area contributed by atoms with Crippen LogP contribution in [0.1, 0.15) is 0 Å². The van der Waals surface area contributed by atoms with E-state index in [1.54, 1.807) is 0 Å². The minimum Gasteiger partial charge on any atom is -0.379 e. The van der Waals surface area contributed by atoms with Crippen LogP contribution in [0.15, 0.2) is 0 Å². The zero-order chi connectivity index (χ0) is 7.98. The van der Waals surface area contributed by atoms with E-state index < -0.39 is 12.2 Å². The van der Waals surface area contributed by atoms with Crippen molar-refractivity contribution in [2.45, 2.75) is 12.2 Å². The average Bonchev–Trinajstić information content (AvgIpc) is 1.99. The summed E-state index contributed by atoms with van der Waals surface area (Å²) in [6.45, 7) is 0. The van der Waals surface area contributed by atoms with Crippen LogP contribution < -0.4 is 0 Å². The molecule has 0 bridgehead atoms. The van der Waals surface area contributed by atoms with Gasteiger partial charge in [-0.2, -0.15) is 0 Å². The zero-order valence-electron chi connectivity index (χ0n) is 5.22. The highest BCUT2D eigenvalue weighted by Gasteiger charge is 1.96. The molecule has 0 rings (SSSR count). The maximum atomic E-state index is 8.74. The molecule has 0 saturated heterocycles. The number of aliphatic hydroxyl groups excluding tert-OH is 2. The van der Waals surface area contributed by atoms with Crippen molar-refractivity contribution in [2.24, 2.45) is 0 Å². The van der Waals surface area contributed by atoms with E-state index in [1.165, 1.54) is 0 Å². The summed E-state index contributed by atoms with van der Waals surface area (Å²) in [7, 11) is 0.